The summed E-state index contributed by atoms with van der Waals surface area (Å²) in [5.74, 6) is 0.652. The minimum Gasteiger partial charge on any atom is -0.327 e. The van der Waals surface area contributed by atoms with Gasteiger partial charge in [-0.05, 0) is 28.4 Å². The number of nitrogens with two attached hydrogens (primary N) is 1. The van der Waals surface area contributed by atoms with E-state index in [0.717, 1.165) is 0 Å². The number of hydrogen-bond acceptors (Lipinski definition) is 4. The largest absolute Gasteiger partial charge is 0.327 e. The highest BCUT2D eigenvalue weighted by Crippen LogP contribution is 2.29. The predicted molar refractivity (Wildman–Crippen MR) is 71.2 cm³/mol. The van der Waals surface area contributed by atoms with Crippen LogP contribution in [0.1, 0.15) is 12.5 Å². The molecule has 0 saturated heterocycles. The Bertz CT molecular complexity index is 451. The first-order valence-electron chi connectivity index (χ1n) is 4.94. The van der Waals surface area contributed by atoms with Crippen LogP contribution in [0.3, 0.4) is 0 Å². The molecule has 0 radical (unpaired) electrons. The number of rotatable bonds is 5. The Morgan fingerprint density at radius 2 is 2.24 bits per heavy atom. The molecule has 0 fully saturated rings. The van der Waals surface area contributed by atoms with Gasteiger partial charge < -0.3 is 5.73 Å². The Labute approximate surface area is 110 Å². The van der Waals surface area contributed by atoms with Crippen LogP contribution in [-0.4, -0.2) is 20.9 Å². The average Bonchev–Trinajstić information content (AvgIpc) is 2.19. The van der Waals surface area contributed by atoms with Gasteiger partial charge in [-0.15, -0.1) is 0 Å². The van der Waals surface area contributed by atoms with Crippen molar-refractivity contribution >= 4 is 32.4 Å². The maximum absolute atomic E-state index is 11.7. The van der Waals surface area contributed by atoms with Gasteiger partial charge in [0, 0.05) is 34.4 Å². The molecular formula is C10H13BrN2O3S. The van der Waals surface area contributed by atoms with E-state index in [0.29, 0.717) is 15.8 Å². The predicted octanol–water partition coefficient (Wildman–Crippen LogP) is 1.95. The summed E-state index contributed by atoms with van der Waals surface area (Å²) in [6, 6.07) is 4.56. The van der Waals surface area contributed by atoms with Gasteiger partial charge in [-0.2, -0.15) is 0 Å². The summed E-state index contributed by atoms with van der Waals surface area (Å²) >= 11 is 3.17. The summed E-state index contributed by atoms with van der Waals surface area (Å²) in [5, 5.41) is 10.7. The topological polar surface area (TPSA) is 86.2 Å². The van der Waals surface area contributed by atoms with Crippen LogP contribution in [0.25, 0.3) is 0 Å². The fourth-order valence-corrected chi connectivity index (χ4v) is 3.37. The SMILES string of the molecule is CC(N)CS(=O)Cc1cccc([N+](=O)[O-])c1Br. The van der Waals surface area contributed by atoms with Crippen LogP contribution in [0.5, 0.6) is 0 Å². The first-order valence-corrected chi connectivity index (χ1v) is 7.22. The molecule has 0 aliphatic heterocycles. The van der Waals surface area contributed by atoms with E-state index >= 15 is 0 Å². The number of nitrogens with zero attached hydrogens (tertiary/aromatic N) is 1. The van der Waals surface area contributed by atoms with Crippen molar-refractivity contribution in [1.82, 2.24) is 0 Å². The van der Waals surface area contributed by atoms with Gasteiger partial charge in [-0.3, -0.25) is 14.3 Å². The fraction of sp³-hybridized carbons (Fsp3) is 0.400. The molecule has 7 heteroatoms. The minimum atomic E-state index is -1.11. The molecule has 1 aromatic rings. The zero-order chi connectivity index (χ0) is 13.0. The van der Waals surface area contributed by atoms with Crippen molar-refractivity contribution in [1.29, 1.82) is 0 Å². The van der Waals surface area contributed by atoms with Crippen molar-refractivity contribution < 1.29 is 9.13 Å². The normalized spacial score (nSPS) is 14.3. The molecule has 1 rings (SSSR count). The summed E-state index contributed by atoms with van der Waals surface area (Å²) in [5.41, 5.74) is 6.20. The van der Waals surface area contributed by atoms with Crippen LogP contribution < -0.4 is 5.73 Å². The monoisotopic (exact) mass is 320 g/mol. The van der Waals surface area contributed by atoms with Gasteiger partial charge >= 0.3 is 0 Å². The molecule has 94 valence electrons. The third-order valence-corrected chi connectivity index (χ3v) is 4.47. The lowest BCUT2D eigenvalue weighted by Crippen LogP contribution is -2.23. The number of hydrogen-bond donors (Lipinski definition) is 1. The molecular weight excluding hydrogens is 308 g/mol. The van der Waals surface area contributed by atoms with E-state index in [1.165, 1.54) is 6.07 Å². The molecule has 17 heavy (non-hydrogen) atoms. The van der Waals surface area contributed by atoms with Crippen molar-refractivity contribution in [3.05, 3.63) is 38.3 Å². The molecule has 0 bridgehead atoms. The molecule has 0 saturated carbocycles. The van der Waals surface area contributed by atoms with E-state index in [4.69, 9.17) is 5.73 Å². The number of nitro groups is 1. The molecule has 1 aromatic carbocycles. The molecule has 2 unspecified atom stereocenters. The van der Waals surface area contributed by atoms with Crippen LogP contribution in [0.4, 0.5) is 5.69 Å². The maximum atomic E-state index is 11.7. The first kappa shape index (κ1) is 14.3. The van der Waals surface area contributed by atoms with Crippen molar-refractivity contribution in [3.63, 3.8) is 0 Å². The van der Waals surface area contributed by atoms with Crippen LogP contribution in [-0.2, 0) is 16.6 Å². The molecule has 0 heterocycles. The van der Waals surface area contributed by atoms with E-state index < -0.39 is 15.7 Å². The lowest BCUT2D eigenvalue weighted by molar-refractivity contribution is -0.385. The lowest BCUT2D eigenvalue weighted by Gasteiger charge is -2.07. The van der Waals surface area contributed by atoms with Crippen LogP contribution in [0.2, 0.25) is 0 Å². The van der Waals surface area contributed by atoms with Gasteiger partial charge in [0.1, 0.15) is 0 Å². The number of nitro benzene ring substituents is 1. The van der Waals surface area contributed by atoms with Gasteiger partial charge in [0.2, 0.25) is 0 Å². The number of halogens is 1. The maximum Gasteiger partial charge on any atom is 0.283 e. The summed E-state index contributed by atoms with van der Waals surface area (Å²) in [6.45, 7) is 1.78. The van der Waals surface area contributed by atoms with Crippen LogP contribution in [0.15, 0.2) is 22.7 Å². The molecule has 0 aromatic heterocycles. The van der Waals surface area contributed by atoms with Crippen LogP contribution in [0, 0.1) is 10.1 Å². The first-order chi connectivity index (χ1) is 7.91. The van der Waals surface area contributed by atoms with E-state index in [9.17, 15) is 14.3 Å². The average molecular weight is 321 g/mol. The lowest BCUT2D eigenvalue weighted by atomic mass is 10.2. The third-order valence-electron chi connectivity index (χ3n) is 2.02. The van der Waals surface area contributed by atoms with Crippen LogP contribution >= 0.6 is 15.9 Å². The van der Waals surface area contributed by atoms with Gasteiger partial charge in [0.25, 0.3) is 5.69 Å². The van der Waals surface area contributed by atoms with E-state index in [2.05, 4.69) is 15.9 Å². The summed E-state index contributed by atoms with van der Waals surface area (Å²) < 4.78 is 12.1. The second-order valence-electron chi connectivity index (χ2n) is 3.74. The Balaban J connectivity index is 2.89. The second-order valence-corrected chi connectivity index (χ2v) is 6.03. The summed E-state index contributed by atoms with van der Waals surface area (Å²) in [4.78, 5) is 10.2. The van der Waals surface area contributed by atoms with E-state index in [1.54, 1.807) is 19.1 Å². The second kappa shape index (κ2) is 6.23. The Hall–Kier alpha value is -0.790. The zero-order valence-corrected chi connectivity index (χ0v) is 11.7. The van der Waals surface area contributed by atoms with Gasteiger partial charge in [-0.25, -0.2) is 0 Å². The molecule has 5 nitrogen and oxygen atoms in total. The molecule has 0 aliphatic rings. The highest BCUT2D eigenvalue weighted by molar-refractivity contribution is 9.10. The Kier molecular flexibility index (Phi) is 5.23. The zero-order valence-electron chi connectivity index (χ0n) is 9.26. The number of benzene rings is 1. The molecule has 2 atom stereocenters. The van der Waals surface area contributed by atoms with Gasteiger partial charge in [0.15, 0.2) is 0 Å². The van der Waals surface area contributed by atoms with Gasteiger partial charge in [-0.1, -0.05) is 12.1 Å². The molecule has 2 N–H and O–H groups in total. The van der Waals surface area contributed by atoms with Crippen molar-refractivity contribution in [2.75, 3.05) is 5.75 Å². The minimum absolute atomic E-state index is 0.0136. The third kappa shape index (κ3) is 4.18. The highest BCUT2D eigenvalue weighted by Gasteiger charge is 2.16. The fourth-order valence-electron chi connectivity index (χ4n) is 1.34. The van der Waals surface area contributed by atoms with E-state index in [-0.39, 0.29) is 17.5 Å². The van der Waals surface area contributed by atoms with Gasteiger partial charge in [0.05, 0.1) is 9.40 Å². The Morgan fingerprint density at radius 3 is 2.76 bits per heavy atom. The Morgan fingerprint density at radius 1 is 1.59 bits per heavy atom. The standard InChI is InChI=1S/C10H13BrN2O3S/c1-7(12)5-17(16)6-8-3-2-4-9(10(8)11)13(14)15/h2-4,7H,5-6,12H2,1H3. The quantitative estimate of drug-likeness (QED) is 0.663. The van der Waals surface area contributed by atoms with Crippen molar-refractivity contribution in [2.24, 2.45) is 5.73 Å². The van der Waals surface area contributed by atoms with Crippen molar-refractivity contribution in [2.45, 2.75) is 18.7 Å². The highest BCUT2D eigenvalue weighted by atomic mass is 79.9. The van der Waals surface area contributed by atoms with E-state index in [1.807, 2.05) is 0 Å². The summed E-state index contributed by atoms with van der Waals surface area (Å²) in [6.07, 6.45) is 0. The molecule has 0 spiro atoms. The van der Waals surface area contributed by atoms with Crippen molar-refractivity contribution in [3.8, 4) is 0 Å². The molecule has 0 amide bonds. The molecule has 0 aliphatic carbocycles. The smallest absolute Gasteiger partial charge is 0.283 e. The summed E-state index contributed by atoms with van der Waals surface area (Å²) in [7, 11) is -1.11.